The lowest BCUT2D eigenvalue weighted by Gasteiger charge is -2.03. The average molecular weight is 186 g/mol. The number of rotatable bonds is 2. The second-order valence-corrected chi connectivity index (χ2v) is 3.20. The van der Waals surface area contributed by atoms with Crippen molar-refractivity contribution in [1.29, 1.82) is 0 Å². The first kappa shape index (κ1) is 8.81. The highest BCUT2D eigenvalue weighted by molar-refractivity contribution is 5.94. The molecule has 1 aromatic carbocycles. The van der Waals surface area contributed by atoms with Gasteiger partial charge >= 0.3 is 0 Å². The highest BCUT2D eigenvalue weighted by atomic mass is 16.1. The lowest BCUT2D eigenvalue weighted by atomic mass is 10.0. The van der Waals surface area contributed by atoms with Crippen LogP contribution in [-0.2, 0) is 0 Å². The maximum absolute atomic E-state index is 11.0. The van der Waals surface area contributed by atoms with Crippen LogP contribution in [0, 0.1) is 0 Å². The van der Waals surface area contributed by atoms with Crippen molar-refractivity contribution in [3.05, 3.63) is 47.7 Å². The van der Waals surface area contributed by atoms with E-state index in [1.165, 1.54) is 0 Å². The predicted octanol–water partition coefficient (Wildman–Crippen LogP) is 2.91. The molecule has 14 heavy (non-hydrogen) atoms. The first-order chi connectivity index (χ1) is 6.77. The van der Waals surface area contributed by atoms with Gasteiger partial charge < -0.3 is 0 Å². The molecule has 0 aliphatic carbocycles. The summed E-state index contributed by atoms with van der Waals surface area (Å²) in [6.07, 6.45) is 3.60. The molecule has 0 amide bonds. The lowest BCUT2D eigenvalue weighted by molar-refractivity contribution is 0.101. The van der Waals surface area contributed by atoms with Crippen LogP contribution in [0.5, 0.6) is 0 Å². The van der Waals surface area contributed by atoms with E-state index < -0.39 is 0 Å². The van der Waals surface area contributed by atoms with Crippen molar-refractivity contribution in [3.63, 3.8) is 0 Å². The molecule has 2 rings (SSSR count). The maximum Gasteiger partial charge on any atom is 0.159 e. The molecule has 3 nitrogen and oxygen atoms in total. The summed E-state index contributed by atoms with van der Waals surface area (Å²) in [4.78, 5) is 11.0. The van der Waals surface area contributed by atoms with Crippen LogP contribution >= 0.6 is 0 Å². The van der Waals surface area contributed by atoms with Crippen molar-refractivity contribution in [2.75, 3.05) is 0 Å². The quantitative estimate of drug-likeness (QED) is 0.655. The van der Waals surface area contributed by atoms with Gasteiger partial charge in [0.05, 0.1) is 0 Å². The summed E-state index contributed by atoms with van der Waals surface area (Å²) in [5.74, 6) is 0.0835. The second-order valence-electron chi connectivity index (χ2n) is 3.20. The summed E-state index contributed by atoms with van der Waals surface area (Å²) in [6, 6.07) is 7.49. The molecule has 1 atom stereocenters. The Hall–Kier alpha value is -1.77. The highest BCUT2D eigenvalue weighted by Crippen LogP contribution is 2.23. The molecule has 1 aromatic rings. The molecule has 1 aliphatic rings. The number of hydrogen-bond acceptors (Lipinski definition) is 3. The summed E-state index contributed by atoms with van der Waals surface area (Å²) in [7, 11) is 0. The van der Waals surface area contributed by atoms with Gasteiger partial charge in [0.2, 0.25) is 0 Å². The standard InChI is InChI=1S/C11H10N2O/c1-8(14)9-2-4-10(5-3-9)11-6-7-12-13-11/h2-7,11H,1H3. The fraction of sp³-hybridized carbons (Fsp3) is 0.182. The monoisotopic (exact) mass is 186 g/mol. The summed E-state index contributed by atoms with van der Waals surface area (Å²) in [6.45, 7) is 1.56. The van der Waals surface area contributed by atoms with Gasteiger partial charge in [0, 0.05) is 11.8 Å². The average Bonchev–Trinajstić information content (AvgIpc) is 2.71. The van der Waals surface area contributed by atoms with Crippen molar-refractivity contribution in [2.24, 2.45) is 10.2 Å². The van der Waals surface area contributed by atoms with Crippen LogP contribution in [0.25, 0.3) is 0 Å². The molecule has 3 heteroatoms. The largest absolute Gasteiger partial charge is 0.295 e. The topological polar surface area (TPSA) is 41.8 Å². The van der Waals surface area contributed by atoms with E-state index in [-0.39, 0.29) is 11.8 Å². The lowest BCUT2D eigenvalue weighted by Crippen LogP contribution is -1.93. The van der Waals surface area contributed by atoms with Crippen molar-refractivity contribution in [3.8, 4) is 0 Å². The zero-order valence-corrected chi connectivity index (χ0v) is 7.84. The maximum atomic E-state index is 11.0. The number of nitrogens with zero attached hydrogens (tertiary/aromatic N) is 2. The van der Waals surface area contributed by atoms with Crippen LogP contribution in [0.3, 0.4) is 0 Å². The van der Waals surface area contributed by atoms with Crippen LogP contribution in [0.1, 0.15) is 28.9 Å². The Morgan fingerprint density at radius 2 is 2.00 bits per heavy atom. The van der Waals surface area contributed by atoms with Gasteiger partial charge in [-0.05, 0) is 18.6 Å². The molecule has 0 saturated carbocycles. The number of ketones is 1. The van der Waals surface area contributed by atoms with Gasteiger partial charge in [0.1, 0.15) is 6.04 Å². The predicted molar refractivity (Wildman–Crippen MR) is 53.2 cm³/mol. The van der Waals surface area contributed by atoms with Gasteiger partial charge in [-0.25, -0.2) is 0 Å². The molecule has 0 N–H and O–H groups in total. The Bertz CT molecular complexity index is 392. The van der Waals surface area contributed by atoms with E-state index in [4.69, 9.17) is 0 Å². The number of carbonyl (C=O) groups excluding carboxylic acids is 1. The van der Waals surface area contributed by atoms with Gasteiger partial charge in [-0.2, -0.15) is 10.2 Å². The number of Topliss-reactive ketones (excluding diaryl/α,β-unsaturated/α-hetero) is 1. The molecular weight excluding hydrogens is 176 g/mol. The van der Waals surface area contributed by atoms with Gasteiger partial charge in [-0.15, -0.1) is 0 Å². The van der Waals surface area contributed by atoms with Crippen molar-refractivity contribution < 1.29 is 4.79 Å². The first-order valence-electron chi connectivity index (χ1n) is 4.45. The Morgan fingerprint density at radius 3 is 2.50 bits per heavy atom. The van der Waals surface area contributed by atoms with E-state index in [1.54, 1.807) is 13.1 Å². The SMILES string of the molecule is CC(=O)c1ccc(C2C=CN=N2)cc1. The van der Waals surface area contributed by atoms with E-state index in [0.29, 0.717) is 0 Å². The zero-order chi connectivity index (χ0) is 9.97. The molecule has 70 valence electrons. The zero-order valence-electron chi connectivity index (χ0n) is 7.84. The fourth-order valence-corrected chi connectivity index (χ4v) is 1.36. The minimum atomic E-state index is 0.0241. The van der Waals surface area contributed by atoms with Gasteiger partial charge in [-0.1, -0.05) is 24.3 Å². The van der Waals surface area contributed by atoms with Crippen LogP contribution in [0.2, 0.25) is 0 Å². The Morgan fingerprint density at radius 1 is 1.29 bits per heavy atom. The third-order valence-electron chi connectivity index (χ3n) is 2.18. The molecule has 1 heterocycles. The van der Waals surface area contributed by atoms with Gasteiger partial charge in [0.25, 0.3) is 0 Å². The number of benzene rings is 1. The third-order valence-corrected chi connectivity index (χ3v) is 2.18. The highest BCUT2D eigenvalue weighted by Gasteiger charge is 2.09. The molecule has 0 saturated heterocycles. The normalized spacial score (nSPS) is 18.8. The van der Waals surface area contributed by atoms with Crippen LogP contribution in [-0.4, -0.2) is 5.78 Å². The smallest absolute Gasteiger partial charge is 0.159 e. The summed E-state index contributed by atoms with van der Waals surface area (Å²) >= 11 is 0. The van der Waals surface area contributed by atoms with Crippen molar-refractivity contribution in [1.82, 2.24) is 0 Å². The summed E-state index contributed by atoms with van der Waals surface area (Å²) < 4.78 is 0. The molecule has 0 aromatic heterocycles. The Labute approximate surface area is 82.2 Å². The summed E-state index contributed by atoms with van der Waals surface area (Å²) in [5, 5.41) is 7.79. The van der Waals surface area contributed by atoms with E-state index in [2.05, 4.69) is 10.2 Å². The van der Waals surface area contributed by atoms with Gasteiger partial charge in [-0.3, -0.25) is 4.79 Å². The fourth-order valence-electron chi connectivity index (χ4n) is 1.36. The molecule has 0 radical (unpaired) electrons. The second kappa shape index (κ2) is 3.54. The summed E-state index contributed by atoms with van der Waals surface area (Å²) in [5.41, 5.74) is 1.79. The Balaban J connectivity index is 2.25. The van der Waals surface area contributed by atoms with Crippen molar-refractivity contribution in [2.45, 2.75) is 13.0 Å². The molecule has 0 fully saturated rings. The van der Waals surface area contributed by atoms with Crippen LogP contribution in [0.4, 0.5) is 0 Å². The van der Waals surface area contributed by atoms with Crippen molar-refractivity contribution >= 4 is 5.78 Å². The van der Waals surface area contributed by atoms with E-state index in [1.807, 2.05) is 30.3 Å². The Kier molecular flexibility index (Phi) is 2.23. The molecule has 1 aliphatic heterocycles. The number of hydrogen-bond donors (Lipinski definition) is 0. The van der Waals surface area contributed by atoms with E-state index in [0.717, 1.165) is 11.1 Å². The number of azo groups is 1. The first-order valence-corrected chi connectivity index (χ1v) is 4.45. The molecular formula is C11H10N2O. The molecule has 1 unspecified atom stereocenters. The molecule has 0 bridgehead atoms. The van der Waals surface area contributed by atoms with E-state index in [9.17, 15) is 4.79 Å². The van der Waals surface area contributed by atoms with Crippen LogP contribution < -0.4 is 0 Å². The van der Waals surface area contributed by atoms with E-state index >= 15 is 0 Å². The third kappa shape index (κ3) is 1.62. The van der Waals surface area contributed by atoms with Gasteiger partial charge in [0.15, 0.2) is 5.78 Å². The minimum absolute atomic E-state index is 0.0241. The van der Waals surface area contributed by atoms with Crippen LogP contribution in [0.15, 0.2) is 46.8 Å². The number of carbonyl (C=O) groups is 1. The molecule has 0 spiro atoms. The minimum Gasteiger partial charge on any atom is -0.295 e.